The fourth-order valence-electron chi connectivity index (χ4n) is 2.39. The average molecular weight is 280 g/mol. The number of amides is 2. The van der Waals surface area contributed by atoms with Crippen molar-refractivity contribution in [3.05, 3.63) is 5.82 Å². The van der Waals surface area contributed by atoms with Gasteiger partial charge in [-0.05, 0) is 18.1 Å². The highest BCUT2D eigenvalue weighted by Crippen LogP contribution is 2.21. The summed E-state index contributed by atoms with van der Waals surface area (Å²) in [5.41, 5.74) is 0. The first-order chi connectivity index (χ1) is 9.43. The van der Waals surface area contributed by atoms with Gasteiger partial charge >= 0.3 is 0 Å². The second kappa shape index (κ2) is 5.56. The molecule has 2 amide bonds. The molecule has 0 aliphatic carbocycles. The third kappa shape index (κ3) is 2.63. The SMILES string of the molecule is CCC(C)C1C(=O)NC(C)C(=O)N1Cc1nnn(C)n1. The van der Waals surface area contributed by atoms with Crippen molar-refractivity contribution >= 4 is 11.8 Å². The number of tetrazole rings is 1. The van der Waals surface area contributed by atoms with E-state index >= 15 is 0 Å². The van der Waals surface area contributed by atoms with Gasteiger partial charge in [0.1, 0.15) is 12.1 Å². The first kappa shape index (κ1) is 14.4. The van der Waals surface area contributed by atoms with Gasteiger partial charge in [0.05, 0.1) is 13.6 Å². The predicted molar refractivity (Wildman–Crippen MR) is 70.2 cm³/mol. The second-order valence-corrected chi connectivity index (χ2v) is 5.22. The summed E-state index contributed by atoms with van der Waals surface area (Å²) in [6, 6.07) is -0.994. The first-order valence-electron chi connectivity index (χ1n) is 6.77. The smallest absolute Gasteiger partial charge is 0.245 e. The van der Waals surface area contributed by atoms with Crippen molar-refractivity contribution in [2.45, 2.75) is 45.8 Å². The van der Waals surface area contributed by atoms with Gasteiger partial charge < -0.3 is 10.2 Å². The highest BCUT2D eigenvalue weighted by atomic mass is 16.2. The summed E-state index contributed by atoms with van der Waals surface area (Å²) >= 11 is 0. The predicted octanol–water partition coefficient (Wildman–Crippen LogP) is -0.528. The summed E-state index contributed by atoms with van der Waals surface area (Å²) in [6.45, 7) is 5.85. The summed E-state index contributed by atoms with van der Waals surface area (Å²) < 4.78 is 0. The number of aromatic nitrogens is 4. The molecule has 0 radical (unpaired) electrons. The summed E-state index contributed by atoms with van der Waals surface area (Å²) in [6.07, 6.45) is 0.810. The van der Waals surface area contributed by atoms with Crippen LogP contribution in [-0.4, -0.2) is 49.0 Å². The van der Waals surface area contributed by atoms with E-state index in [1.807, 2.05) is 13.8 Å². The van der Waals surface area contributed by atoms with Crippen LogP contribution in [0, 0.1) is 5.92 Å². The van der Waals surface area contributed by atoms with Crippen molar-refractivity contribution < 1.29 is 9.59 Å². The van der Waals surface area contributed by atoms with E-state index < -0.39 is 12.1 Å². The van der Waals surface area contributed by atoms with Gasteiger partial charge in [-0.25, -0.2) is 0 Å². The first-order valence-corrected chi connectivity index (χ1v) is 6.77. The minimum absolute atomic E-state index is 0.0723. The van der Waals surface area contributed by atoms with E-state index in [2.05, 4.69) is 20.7 Å². The molecule has 1 N–H and O–H groups in total. The highest BCUT2D eigenvalue weighted by molar-refractivity contribution is 5.96. The molecule has 0 aromatic carbocycles. The Balaban J connectivity index is 2.26. The van der Waals surface area contributed by atoms with Crippen molar-refractivity contribution in [2.24, 2.45) is 13.0 Å². The van der Waals surface area contributed by atoms with E-state index in [9.17, 15) is 9.59 Å². The Hall–Kier alpha value is -1.99. The number of carbonyl (C=O) groups is 2. The molecule has 8 heteroatoms. The van der Waals surface area contributed by atoms with Crippen LogP contribution in [0.3, 0.4) is 0 Å². The zero-order chi connectivity index (χ0) is 14.9. The Morgan fingerprint density at radius 2 is 2.10 bits per heavy atom. The minimum atomic E-state index is -0.514. The third-order valence-corrected chi connectivity index (χ3v) is 3.66. The van der Waals surface area contributed by atoms with Gasteiger partial charge in [0.25, 0.3) is 0 Å². The van der Waals surface area contributed by atoms with Gasteiger partial charge in [-0.15, -0.1) is 10.2 Å². The zero-order valence-electron chi connectivity index (χ0n) is 12.2. The molecule has 1 fully saturated rings. The average Bonchev–Trinajstić information content (AvgIpc) is 2.80. The van der Waals surface area contributed by atoms with E-state index in [1.54, 1.807) is 18.9 Å². The molecule has 1 saturated heterocycles. The number of carbonyl (C=O) groups excluding carboxylic acids is 2. The van der Waals surface area contributed by atoms with E-state index in [1.165, 1.54) is 4.80 Å². The largest absolute Gasteiger partial charge is 0.343 e. The molecule has 3 unspecified atom stereocenters. The van der Waals surface area contributed by atoms with Gasteiger partial charge in [-0.2, -0.15) is 4.80 Å². The molecule has 1 aromatic rings. The number of nitrogens with zero attached hydrogens (tertiary/aromatic N) is 5. The molecule has 2 heterocycles. The standard InChI is InChI=1S/C12H20N6O2/c1-5-7(2)10-11(19)13-8(3)12(20)18(10)6-9-14-16-17(4)15-9/h7-8,10H,5-6H2,1-4H3,(H,13,19). The van der Waals surface area contributed by atoms with E-state index in [4.69, 9.17) is 0 Å². The van der Waals surface area contributed by atoms with E-state index in [0.717, 1.165) is 6.42 Å². The maximum absolute atomic E-state index is 12.3. The van der Waals surface area contributed by atoms with Crippen LogP contribution in [0.25, 0.3) is 0 Å². The van der Waals surface area contributed by atoms with E-state index in [0.29, 0.717) is 5.82 Å². The number of aryl methyl sites for hydroxylation is 1. The minimum Gasteiger partial charge on any atom is -0.343 e. The fourth-order valence-corrected chi connectivity index (χ4v) is 2.39. The van der Waals surface area contributed by atoms with Gasteiger partial charge in [-0.3, -0.25) is 9.59 Å². The van der Waals surface area contributed by atoms with Crippen molar-refractivity contribution in [2.75, 3.05) is 0 Å². The van der Waals surface area contributed by atoms with Gasteiger partial charge in [0.2, 0.25) is 11.8 Å². The fraction of sp³-hybridized carbons (Fsp3) is 0.750. The van der Waals surface area contributed by atoms with Crippen molar-refractivity contribution in [3.63, 3.8) is 0 Å². The van der Waals surface area contributed by atoms with Crippen LogP contribution in [0.1, 0.15) is 33.0 Å². The molecular weight excluding hydrogens is 260 g/mol. The van der Waals surface area contributed by atoms with Crippen LogP contribution in [-0.2, 0) is 23.2 Å². The van der Waals surface area contributed by atoms with Crippen LogP contribution in [0.15, 0.2) is 0 Å². The number of hydrogen-bond donors (Lipinski definition) is 1. The maximum atomic E-state index is 12.3. The molecule has 1 aromatic heterocycles. The summed E-state index contributed by atoms with van der Waals surface area (Å²) in [4.78, 5) is 27.4. The highest BCUT2D eigenvalue weighted by Gasteiger charge is 2.41. The van der Waals surface area contributed by atoms with Crippen molar-refractivity contribution in [1.82, 2.24) is 30.4 Å². The summed E-state index contributed by atoms with van der Waals surface area (Å²) in [7, 11) is 1.66. The van der Waals surface area contributed by atoms with Crippen LogP contribution >= 0.6 is 0 Å². The molecule has 1 aliphatic heterocycles. The molecule has 0 bridgehead atoms. The zero-order valence-corrected chi connectivity index (χ0v) is 12.2. The lowest BCUT2D eigenvalue weighted by atomic mass is 9.93. The Kier molecular flexibility index (Phi) is 4.01. The quantitative estimate of drug-likeness (QED) is 0.800. The van der Waals surface area contributed by atoms with Gasteiger partial charge in [0.15, 0.2) is 5.82 Å². The lowest BCUT2D eigenvalue weighted by molar-refractivity contribution is -0.151. The third-order valence-electron chi connectivity index (χ3n) is 3.66. The second-order valence-electron chi connectivity index (χ2n) is 5.22. The molecule has 2 rings (SSSR count). The molecule has 3 atom stereocenters. The van der Waals surface area contributed by atoms with Crippen LogP contribution < -0.4 is 5.32 Å². The maximum Gasteiger partial charge on any atom is 0.245 e. The van der Waals surface area contributed by atoms with Crippen molar-refractivity contribution in [1.29, 1.82) is 0 Å². The Labute approximate surface area is 117 Å². The molecule has 20 heavy (non-hydrogen) atoms. The Morgan fingerprint density at radius 1 is 1.40 bits per heavy atom. The molecular formula is C12H20N6O2. The number of hydrogen-bond acceptors (Lipinski definition) is 5. The van der Waals surface area contributed by atoms with Gasteiger partial charge in [0, 0.05) is 0 Å². The number of rotatable bonds is 4. The Morgan fingerprint density at radius 3 is 2.65 bits per heavy atom. The van der Waals surface area contributed by atoms with Crippen LogP contribution in [0.5, 0.6) is 0 Å². The molecule has 0 spiro atoms. The summed E-state index contributed by atoms with van der Waals surface area (Å²) in [5.74, 6) is 0.289. The monoisotopic (exact) mass is 280 g/mol. The molecule has 0 saturated carbocycles. The van der Waals surface area contributed by atoms with Crippen LogP contribution in [0.2, 0.25) is 0 Å². The molecule has 8 nitrogen and oxygen atoms in total. The number of piperazine rings is 1. The lowest BCUT2D eigenvalue weighted by Crippen LogP contribution is -2.63. The van der Waals surface area contributed by atoms with Gasteiger partial charge in [-0.1, -0.05) is 20.3 Å². The molecule has 110 valence electrons. The van der Waals surface area contributed by atoms with Crippen molar-refractivity contribution in [3.8, 4) is 0 Å². The Bertz CT molecular complexity index is 514. The van der Waals surface area contributed by atoms with Crippen LogP contribution in [0.4, 0.5) is 0 Å². The topological polar surface area (TPSA) is 93.0 Å². The lowest BCUT2D eigenvalue weighted by Gasteiger charge is -2.39. The molecule has 1 aliphatic rings. The van der Waals surface area contributed by atoms with E-state index in [-0.39, 0.29) is 24.3 Å². The number of nitrogens with one attached hydrogen (secondary N) is 1. The summed E-state index contributed by atoms with van der Waals surface area (Å²) in [5, 5.41) is 14.4. The normalized spacial score (nSPS) is 24.7.